The van der Waals surface area contributed by atoms with E-state index < -0.39 is 0 Å². The second-order valence-electron chi connectivity index (χ2n) is 5.99. The Bertz CT molecular complexity index is 796. The van der Waals surface area contributed by atoms with Gasteiger partial charge in [0, 0.05) is 5.72 Å². The summed E-state index contributed by atoms with van der Waals surface area (Å²) < 4.78 is 9.82. The number of rotatable bonds is 4. The number of aromatic nitrogens is 2. The van der Waals surface area contributed by atoms with Gasteiger partial charge in [-0.3, -0.25) is 4.57 Å². The lowest BCUT2D eigenvalue weighted by molar-refractivity contribution is -0.673. The number of hydrogen-bond donors (Lipinski definition) is 0. The maximum Gasteiger partial charge on any atom is 0.131 e. The van der Waals surface area contributed by atoms with Gasteiger partial charge in [-0.2, -0.15) is 13.1 Å². The molecule has 0 N–H and O–H groups in total. The van der Waals surface area contributed by atoms with Crippen LogP contribution >= 0.6 is 0 Å². The van der Waals surface area contributed by atoms with Crippen LogP contribution in [0.25, 0.3) is 5.69 Å². The van der Waals surface area contributed by atoms with Gasteiger partial charge in [-0.1, -0.05) is 42.3 Å². The largest absolute Gasteiger partial charge is 0.497 e. The van der Waals surface area contributed by atoms with Crippen molar-refractivity contribution in [1.82, 2.24) is 4.57 Å². The van der Waals surface area contributed by atoms with E-state index in [4.69, 9.17) is 4.74 Å². The van der Waals surface area contributed by atoms with Crippen LogP contribution in [0.15, 0.2) is 67.0 Å². The molecule has 1 atom stereocenters. The number of methoxy groups -OCH3 is 1. The first-order valence-corrected chi connectivity index (χ1v) is 7.97. The fourth-order valence-electron chi connectivity index (χ4n) is 3.28. The molecule has 0 fully saturated rings. The maximum absolute atomic E-state index is 5.23. The number of hydrogen-bond acceptors (Lipinski definition) is 1. The van der Waals surface area contributed by atoms with Crippen molar-refractivity contribution in [1.29, 1.82) is 0 Å². The predicted molar refractivity (Wildman–Crippen MR) is 91.8 cm³/mol. The molecule has 1 aliphatic rings. The summed E-state index contributed by atoms with van der Waals surface area (Å²) in [5.74, 6) is 1.45. The van der Waals surface area contributed by atoms with Crippen molar-refractivity contribution in [2.24, 2.45) is 0 Å². The molecule has 2 aromatic carbocycles. The molecule has 0 unspecified atom stereocenters. The zero-order valence-corrected chi connectivity index (χ0v) is 13.2. The number of para-hydroxylation sites is 1. The average molecular weight is 302 g/mol. The van der Waals surface area contributed by atoms with Gasteiger partial charge in [0.1, 0.15) is 23.8 Å². The normalized spacial score (nSPS) is 16.3. The van der Waals surface area contributed by atoms with Crippen molar-refractivity contribution in [2.75, 3.05) is 7.11 Å². The summed E-state index contributed by atoms with van der Waals surface area (Å²) in [6.07, 6.45) is 5.37. The van der Waals surface area contributed by atoms with Crippen molar-refractivity contribution < 1.29 is 9.30 Å². The first-order chi connectivity index (χ1) is 11.3. The van der Waals surface area contributed by atoms with Gasteiger partial charge in [-0.15, -0.1) is 0 Å². The fraction of sp³-hybridized carbons (Fsp3) is 0.211. The third-order valence-corrected chi connectivity index (χ3v) is 4.44. The molecular weight excluding hydrogens is 283 g/mol. The third-order valence-electron chi connectivity index (χ3n) is 4.44. The van der Waals surface area contributed by atoms with Crippen molar-refractivity contribution in [2.45, 2.75) is 18.8 Å². The standard InChI is InChI=1S/C19H19BN2O/c1-23-18-9-7-15(8-10-18)13-16-14-21-11-12-22(19(21)20-16)17-5-3-2-4-6-17/h2-12,16H,13-14H2,1H3/t16-/m1/s1. The van der Waals surface area contributed by atoms with E-state index in [0.717, 1.165) is 18.7 Å². The predicted octanol–water partition coefficient (Wildman–Crippen LogP) is 2.15. The Morgan fingerprint density at radius 2 is 1.91 bits per heavy atom. The molecule has 1 aromatic heterocycles. The summed E-state index contributed by atoms with van der Waals surface area (Å²) >= 11 is 0. The minimum absolute atomic E-state index is 0.537. The Balaban J connectivity index is 1.51. The molecule has 1 aliphatic heterocycles. The molecule has 4 rings (SSSR count). The van der Waals surface area contributed by atoms with Crippen LogP contribution in [-0.4, -0.2) is 19.0 Å². The Morgan fingerprint density at radius 1 is 1.13 bits per heavy atom. The molecule has 2 radical (unpaired) electrons. The van der Waals surface area contributed by atoms with Crippen LogP contribution in [0.3, 0.4) is 0 Å². The Kier molecular flexibility index (Phi) is 3.66. The van der Waals surface area contributed by atoms with E-state index in [9.17, 15) is 0 Å². The van der Waals surface area contributed by atoms with Crippen molar-refractivity contribution in [3.63, 3.8) is 0 Å². The summed E-state index contributed by atoms with van der Waals surface area (Å²) in [4.78, 5) is 0. The number of fused-ring (bicyclic) bond motifs is 1. The molecule has 0 bridgehead atoms. The van der Waals surface area contributed by atoms with Crippen LogP contribution < -0.4 is 15.0 Å². The van der Waals surface area contributed by atoms with Crippen LogP contribution in [0.1, 0.15) is 5.56 Å². The van der Waals surface area contributed by atoms with Crippen molar-refractivity contribution >= 4 is 13.0 Å². The van der Waals surface area contributed by atoms with Gasteiger partial charge in [0.25, 0.3) is 0 Å². The highest BCUT2D eigenvalue weighted by atomic mass is 16.5. The van der Waals surface area contributed by atoms with Gasteiger partial charge < -0.3 is 4.74 Å². The zero-order chi connectivity index (χ0) is 15.6. The molecule has 0 spiro atoms. The average Bonchev–Trinajstić information content (AvgIpc) is 3.16. The molecular formula is C19H19BN2O. The van der Waals surface area contributed by atoms with E-state index in [1.807, 2.05) is 12.1 Å². The molecule has 23 heavy (non-hydrogen) atoms. The second-order valence-corrected chi connectivity index (χ2v) is 5.99. The molecule has 0 amide bonds. The van der Waals surface area contributed by atoms with Crippen molar-refractivity contribution in [3.8, 4) is 11.4 Å². The van der Waals surface area contributed by atoms with Gasteiger partial charge in [0.15, 0.2) is 0 Å². The summed E-state index contributed by atoms with van der Waals surface area (Å²) in [7, 11) is 4.09. The van der Waals surface area contributed by atoms with Crippen molar-refractivity contribution in [3.05, 3.63) is 72.6 Å². The van der Waals surface area contributed by atoms with Crippen LogP contribution in [0.4, 0.5) is 0 Å². The number of imidazole rings is 1. The quantitative estimate of drug-likeness (QED) is 0.533. The van der Waals surface area contributed by atoms with Crippen LogP contribution in [0.2, 0.25) is 5.82 Å². The minimum Gasteiger partial charge on any atom is -0.497 e. The SMILES string of the molecule is COc1ccc(C[C@H]2[B-]c3n(-c4ccccc4)cc[n+]3C2)cc1. The van der Waals surface area contributed by atoms with Crippen LogP contribution in [0.5, 0.6) is 5.75 Å². The highest BCUT2D eigenvalue weighted by molar-refractivity contribution is 6.53. The number of ether oxygens (including phenoxy) is 1. The highest BCUT2D eigenvalue weighted by Gasteiger charge is 2.19. The van der Waals surface area contributed by atoms with Gasteiger partial charge in [0.2, 0.25) is 0 Å². The van der Waals surface area contributed by atoms with E-state index >= 15 is 0 Å². The lowest BCUT2D eigenvalue weighted by Crippen LogP contribution is -2.45. The molecule has 114 valence electrons. The monoisotopic (exact) mass is 302 g/mol. The van der Waals surface area contributed by atoms with Gasteiger partial charge in [0.05, 0.1) is 13.7 Å². The number of nitrogens with zero attached hydrogens (tertiary/aromatic N) is 2. The maximum atomic E-state index is 5.23. The third kappa shape index (κ3) is 2.77. The van der Waals surface area contributed by atoms with Gasteiger partial charge in [-0.05, 0) is 24.3 Å². The Labute approximate surface area is 137 Å². The van der Waals surface area contributed by atoms with Gasteiger partial charge in [-0.25, -0.2) is 4.57 Å². The Morgan fingerprint density at radius 3 is 2.65 bits per heavy atom. The van der Waals surface area contributed by atoms with E-state index in [0.29, 0.717) is 5.82 Å². The zero-order valence-electron chi connectivity index (χ0n) is 13.2. The molecule has 3 nitrogen and oxygen atoms in total. The highest BCUT2D eigenvalue weighted by Crippen LogP contribution is 2.19. The molecule has 0 aliphatic carbocycles. The van der Waals surface area contributed by atoms with Gasteiger partial charge >= 0.3 is 0 Å². The fourth-order valence-corrected chi connectivity index (χ4v) is 3.28. The Hall–Kier alpha value is -2.49. The van der Waals surface area contributed by atoms with E-state index in [-0.39, 0.29) is 0 Å². The second kappa shape index (κ2) is 5.96. The van der Waals surface area contributed by atoms with E-state index in [2.05, 4.69) is 71.3 Å². The molecule has 2 heterocycles. The smallest absolute Gasteiger partial charge is 0.131 e. The van der Waals surface area contributed by atoms with E-state index in [1.165, 1.54) is 17.0 Å². The van der Waals surface area contributed by atoms with Crippen LogP contribution in [-0.2, 0) is 13.0 Å². The first kappa shape index (κ1) is 14.1. The van der Waals surface area contributed by atoms with E-state index in [1.54, 1.807) is 7.11 Å². The molecule has 4 heteroatoms. The lowest BCUT2D eigenvalue weighted by Gasteiger charge is -2.16. The summed E-state index contributed by atoms with van der Waals surface area (Å²) in [5, 5.41) is 0. The molecule has 3 aromatic rings. The molecule has 0 saturated carbocycles. The summed E-state index contributed by atoms with van der Waals surface area (Å²) in [5.41, 5.74) is 3.83. The number of benzene rings is 2. The minimum atomic E-state index is 0.537. The van der Waals surface area contributed by atoms with Crippen LogP contribution in [0, 0.1) is 0 Å². The lowest BCUT2D eigenvalue weighted by atomic mass is 9.64. The first-order valence-electron chi connectivity index (χ1n) is 7.97. The topological polar surface area (TPSA) is 18.0 Å². The summed E-state index contributed by atoms with van der Waals surface area (Å²) in [6, 6.07) is 18.9. The summed E-state index contributed by atoms with van der Waals surface area (Å²) in [6.45, 7) is 1.04. The molecule has 0 saturated heterocycles.